The first-order chi connectivity index (χ1) is 15.5. The summed E-state index contributed by atoms with van der Waals surface area (Å²) in [5, 5.41) is 17.0. The van der Waals surface area contributed by atoms with Gasteiger partial charge in [0.25, 0.3) is 0 Å². The van der Waals surface area contributed by atoms with Crippen molar-refractivity contribution in [3.05, 3.63) is 88.5 Å². The molecule has 2 aromatic carbocycles. The van der Waals surface area contributed by atoms with E-state index in [4.69, 9.17) is 11.6 Å². The van der Waals surface area contributed by atoms with Gasteiger partial charge in [-0.1, -0.05) is 59.8 Å². The highest BCUT2D eigenvalue weighted by Gasteiger charge is 2.14. The van der Waals surface area contributed by atoms with Gasteiger partial charge in [0, 0.05) is 22.8 Å². The number of nitrogens with one attached hydrogen (secondary N) is 1. The minimum atomic E-state index is -0.0785. The Balaban J connectivity index is 1.35. The maximum Gasteiger partial charge on any atom is 0.230 e. The van der Waals surface area contributed by atoms with Gasteiger partial charge in [-0.25, -0.2) is 0 Å². The van der Waals surface area contributed by atoms with E-state index >= 15 is 0 Å². The summed E-state index contributed by atoms with van der Waals surface area (Å²) >= 11 is 7.41. The number of rotatable bonds is 8. The molecule has 164 valence electrons. The Morgan fingerprint density at radius 1 is 1.12 bits per heavy atom. The van der Waals surface area contributed by atoms with Crippen molar-refractivity contribution in [3.8, 4) is 5.69 Å². The number of halogens is 1. The molecule has 0 unspecified atom stereocenters. The molecule has 0 spiro atoms. The van der Waals surface area contributed by atoms with Gasteiger partial charge in [0.15, 0.2) is 5.16 Å². The molecule has 0 aliphatic rings. The Labute approximate surface area is 195 Å². The molecule has 9 heteroatoms. The maximum absolute atomic E-state index is 12.5. The topological polar surface area (TPSA) is 77.6 Å². The number of aromatic nitrogens is 5. The SMILES string of the molecule is Cc1nn(Cc2ccccc2)c(C)c1CNC(=O)CSc1nncn1-c1cccc(Cl)c1. The average Bonchev–Trinajstić information content (AvgIpc) is 3.36. The van der Waals surface area contributed by atoms with E-state index in [2.05, 4.69) is 32.7 Å². The van der Waals surface area contributed by atoms with Crippen LogP contribution in [0.1, 0.15) is 22.5 Å². The van der Waals surface area contributed by atoms with Gasteiger partial charge >= 0.3 is 0 Å². The Bertz CT molecular complexity index is 1220. The number of hydrogen-bond acceptors (Lipinski definition) is 5. The summed E-state index contributed by atoms with van der Waals surface area (Å²) in [7, 11) is 0. The third kappa shape index (κ3) is 5.20. The number of thioether (sulfide) groups is 1. The van der Waals surface area contributed by atoms with Crippen molar-refractivity contribution in [3.63, 3.8) is 0 Å². The van der Waals surface area contributed by atoms with Crippen molar-refractivity contribution in [1.82, 2.24) is 29.9 Å². The van der Waals surface area contributed by atoms with Crippen LogP contribution in [0.2, 0.25) is 5.02 Å². The van der Waals surface area contributed by atoms with Gasteiger partial charge in [0.1, 0.15) is 6.33 Å². The van der Waals surface area contributed by atoms with E-state index in [0.29, 0.717) is 23.3 Å². The lowest BCUT2D eigenvalue weighted by Gasteiger charge is -2.08. The molecule has 0 radical (unpaired) electrons. The molecule has 0 aliphatic heterocycles. The lowest BCUT2D eigenvalue weighted by atomic mass is 10.2. The fourth-order valence-corrected chi connectivity index (χ4v) is 4.34. The van der Waals surface area contributed by atoms with Crippen molar-refractivity contribution in [2.24, 2.45) is 0 Å². The number of hydrogen-bond donors (Lipinski definition) is 1. The van der Waals surface area contributed by atoms with Crippen molar-refractivity contribution >= 4 is 29.3 Å². The summed E-state index contributed by atoms with van der Waals surface area (Å²) in [5.41, 5.74) is 5.06. The van der Waals surface area contributed by atoms with E-state index in [1.165, 1.54) is 17.3 Å². The van der Waals surface area contributed by atoms with Gasteiger partial charge in [-0.15, -0.1) is 10.2 Å². The summed E-state index contributed by atoms with van der Waals surface area (Å²) in [6.45, 7) is 5.15. The van der Waals surface area contributed by atoms with Crippen LogP contribution in [0.3, 0.4) is 0 Å². The van der Waals surface area contributed by atoms with Gasteiger partial charge in [-0.2, -0.15) is 5.10 Å². The molecule has 0 saturated carbocycles. The van der Waals surface area contributed by atoms with Crippen LogP contribution in [-0.2, 0) is 17.9 Å². The number of carbonyl (C=O) groups excluding carboxylic acids is 1. The molecule has 32 heavy (non-hydrogen) atoms. The molecule has 0 aliphatic carbocycles. The zero-order valence-electron chi connectivity index (χ0n) is 17.8. The minimum Gasteiger partial charge on any atom is -0.351 e. The second-order valence-corrected chi connectivity index (χ2v) is 8.70. The molecular weight excluding hydrogens is 444 g/mol. The molecule has 0 fully saturated rings. The van der Waals surface area contributed by atoms with Gasteiger partial charge in [0.05, 0.1) is 23.7 Å². The van der Waals surface area contributed by atoms with E-state index in [9.17, 15) is 4.79 Å². The van der Waals surface area contributed by atoms with Crippen LogP contribution in [0, 0.1) is 13.8 Å². The first kappa shape index (κ1) is 22.1. The quantitative estimate of drug-likeness (QED) is 0.394. The summed E-state index contributed by atoms with van der Waals surface area (Å²) in [6.07, 6.45) is 1.61. The fraction of sp³-hybridized carbons (Fsp3) is 0.217. The van der Waals surface area contributed by atoms with E-state index in [1.807, 2.05) is 65.6 Å². The molecule has 4 rings (SSSR count). The van der Waals surface area contributed by atoms with E-state index in [-0.39, 0.29) is 11.7 Å². The Morgan fingerprint density at radius 3 is 2.72 bits per heavy atom. The molecule has 2 aromatic heterocycles. The van der Waals surface area contributed by atoms with Crippen LogP contribution >= 0.6 is 23.4 Å². The molecule has 0 saturated heterocycles. The van der Waals surface area contributed by atoms with Crippen LogP contribution in [0.5, 0.6) is 0 Å². The zero-order valence-corrected chi connectivity index (χ0v) is 19.4. The summed E-state index contributed by atoms with van der Waals surface area (Å²) in [5.74, 6) is 0.153. The normalized spacial score (nSPS) is 11.0. The van der Waals surface area contributed by atoms with Gasteiger partial charge in [-0.3, -0.25) is 14.0 Å². The number of aryl methyl sites for hydroxylation is 1. The minimum absolute atomic E-state index is 0.0785. The summed E-state index contributed by atoms with van der Waals surface area (Å²) < 4.78 is 3.79. The van der Waals surface area contributed by atoms with Gasteiger partial charge < -0.3 is 5.32 Å². The highest BCUT2D eigenvalue weighted by Crippen LogP contribution is 2.21. The van der Waals surface area contributed by atoms with E-state index in [1.54, 1.807) is 6.33 Å². The smallest absolute Gasteiger partial charge is 0.230 e. The third-order valence-corrected chi connectivity index (χ3v) is 6.28. The van der Waals surface area contributed by atoms with Crippen molar-refractivity contribution < 1.29 is 4.79 Å². The molecule has 7 nitrogen and oxygen atoms in total. The van der Waals surface area contributed by atoms with Gasteiger partial charge in [-0.05, 0) is 37.6 Å². The number of carbonyl (C=O) groups is 1. The van der Waals surface area contributed by atoms with Crippen LogP contribution in [0.4, 0.5) is 0 Å². The van der Waals surface area contributed by atoms with Crippen molar-refractivity contribution in [2.75, 3.05) is 5.75 Å². The first-order valence-corrected chi connectivity index (χ1v) is 11.5. The first-order valence-electron chi connectivity index (χ1n) is 10.1. The lowest BCUT2D eigenvalue weighted by Crippen LogP contribution is -2.25. The molecule has 1 N–H and O–H groups in total. The largest absolute Gasteiger partial charge is 0.351 e. The molecule has 0 atom stereocenters. The van der Waals surface area contributed by atoms with Crippen LogP contribution in [0.15, 0.2) is 66.1 Å². The van der Waals surface area contributed by atoms with Crippen molar-refractivity contribution in [1.29, 1.82) is 0 Å². The van der Waals surface area contributed by atoms with Crippen molar-refractivity contribution in [2.45, 2.75) is 32.1 Å². The summed E-state index contributed by atoms with van der Waals surface area (Å²) in [6, 6.07) is 17.6. The third-order valence-electron chi connectivity index (χ3n) is 5.10. The fourth-order valence-electron chi connectivity index (χ4n) is 3.39. The Morgan fingerprint density at radius 2 is 1.94 bits per heavy atom. The second-order valence-electron chi connectivity index (χ2n) is 7.32. The van der Waals surface area contributed by atoms with E-state index < -0.39 is 0 Å². The molecule has 1 amide bonds. The average molecular weight is 467 g/mol. The number of nitrogens with zero attached hydrogens (tertiary/aromatic N) is 5. The summed E-state index contributed by atoms with van der Waals surface area (Å²) in [4.78, 5) is 12.5. The van der Waals surface area contributed by atoms with Crippen LogP contribution in [-0.4, -0.2) is 36.2 Å². The number of amides is 1. The zero-order chi connectivity index (χ0) is 22.5. The molecule has 0 bridgehead atoms. The van der Waals surface area contributed by atoms with Crippen LogP contribution in [0.25, 0.3) is 5.69 Å². The van der Waals surface area contributed by atoms with Crippen LogP contribution < -0.4 is 5.32 Å². The second kappa shape index (κ2) is 10.0. The predicted molar refractivity (Wildman–Crippen MR) is 126 cm³/mol. The monoisotopic (exact) mass is 466 g/mol. The molecule has 4 aromatic rings. The predicted octanol–water partition coefficient (Wildman–Crippen LogP) is 4.19. The Kier molecular flexibility index (Phi) is 6.92. The number of benzene rings is 2. The molecular formula is C23H23ClN6OS. The molecule has 2 heterocycles. The highest BCUT2D eigenvalue weighted by atomic mass is 35.5. The maximum atomic E-state index is 12.5. The highest BCUT2D eigenvalue weighted by molar-refractivity contribution is 7.99. The van der Waals surface area contributed by atoms with Gasteiger partial charge in [0.2, 0.25) is 5.91 Å². The van der Waals surface area contributed by atoms with E-state index in [0.717, 1.165) is 22.6 Å². The Hall–Kier alpha value is -3.10. The standard InChI is InChI=1S/C23H23ClN6OS/c1-16-21(17(2)30(28-16)13-18-7-4-3-5-8-18)12-25-22(31)14-32-23-27-26-15-29(23)20-10-6-9-19(24)11-20/h3-11,15H,12-14H2,1-2H3,(H,25,31). The lowest BCUT2D eigenvalue weighted by molar-refractivity contribution is -0.118.